The molecule has 3 rings (SSSR count). The highest BCUT2D eigenvalue weighted by atomic mass is 28.4. The lowest BCUT2D eigenvalue weighted by molar-refractivity contribution is 0.0854. The summed E-state index contributed by atoms with van der Waals surface area (Å²) in [6.45, 7) is 11.5. The molecule has 0 saturated heterocycles. The Bertz CT molecular complexity index is 609. The van der Waals surface area contributed by atoms with Crippen LogP contribution in [-0.4, -0.2) is 14.1 Å². The molecule has 23 heavy (non-hydrogen) atoms. The molecule has 1 fully saturated rings. The van der Waals surface area contributed by atoms with Crippen molar-refractivity contribution in [3.05, 3.63) is 34.9 Å². The molecule has 0 amide bonds. The van der Waals surface area contributed by atoms with E-state index in [1.807, 2.05) is 6.07 Å². The second-order valence-electron chi connectivity index (χ2n) is 8.77. The summed E-state index contributed by atoms with van der Waals surface area (Å²) in [4.78, 5) is 12.7. The molecule has 2 aliphatic carbocycles. The molecular weight excluding hydrogens is 300 g/mol. The monoisotopic (exact) mass is 330 g/mol. The quantitative estimate of drug-likeness (QED) is 0.524. The van der Waals surface area contributed by atoms with Gasteiger partial charge in [-0.25, -0.2) is 0 Å². The molecule has 2 aliphatic rings. The zero-order valence-corrected chi connectivity index (χ0v) is 16.2. The van der Waals surface area contributed by atoms with Crippen molar-refractivity contribution < 1.29 is 9.22 Å². The van der Waals surface area contributed by atoms with E-state index in [1.165, 1.54) is 17.5 Å². The van der Waals surface area contributed by atoms with Crippen molar-refractivity contribution in [3.63, 3.8) is 0 Å². The van der Waals surface area contributed by atoms with Crippen molar-refractivity contribution in [3.8, 4) is 0 Å². The largest absolute Gasteiger partial charge is 0.410 e. The van der Waals surface area contributed by atoms with Crippen molar-refractivity contribution in [2.24, 2.45) is 5.92 Å². The van der Waals surface area contributed by atoms with Gasteiger partial charge in [0.1, 0.15) is 0 Å². The molecule has 1 atom stereocenters. The average molecular weight is 331 g/mol. The first-order chi connectivity index (χ1) is 10.7. The molecular formula is C20H30O2Si. The molecule has 1 aromatic rings. The molecule has 126 valence electrons. The molecule has 1 unspecified atom stereocenters. The highest BCUT2D eigenvalue weighted by Crippen LogP contribution is 2.44. The summed E-state index contributed by atoms with van der Waals surface area (Å²) in [7, 11) is -1.79. The number of rotatable bonds is 4. The lowest BCUT2D eigenvalue weighted by Crippen LogP contribution is -2.41. The van der Waals surface area contributed by atoms with Crippen LogP contribution in [0.25, 0.3) is 0 Å². The molecule has 1 aromatic carbocycles. The Kier molecular flexibility index (Phi) is 4.30. The topological polar surface area (TPSA) is 26.3 Å². The summed E-state index contributed by atoms with van der Waals surface area (Å²) in [5.41, 5.74) is 3.53. The van der Waals surface area contributed by atoms with Gasteiger partial charge in [-0.3, -0.25) is 4.79 Å². The van der Waals surface area contributed by atoms with E-state index in [0.29, 0.717) is 5.78 Å². The Morgan fingerprint density at radius 2 is 1.87 bits per heavy atom. The standard InChI is InChI=1S/C20H30O2Si/c1-20(2,3)23(4,5)22-18-13-12-15-16(18)10-7-11-17(15)19(21)14-8-6-9-14/h7,10-11,14,18H,6,8-9,12-13H2,1-5H3. The molecule has 0 bridgehead atoms. The number of hydrogen-bond donors (Lipinski definition) is 0. The fourth-order valence-corrected chi connectivity index (χ4v) is 4.70. The Morgan fingerprint density at radius 3 is 2.43 bits per heavy atom. The summed E-state index contributed by atoms with van der Waals surface area (Å²) in [6.07, 6.45) is 5.56. The number of benzene rings is 1. The normalized spacial score (nSPS) is 21.9. The first-order valence-electron chi connectivity index (χ1n) is 9.04. The van der Waals surface area contributed by atoms with Gasteiger partial charge in [-0.15, -0.1) is 0 Å². The zero-order chi connectivity index (χ0) is 16.8. The van der Waals surface area contributed by atoms with Crippen molar-refractivity contribution in [2.75, 3.05) is 0 Å². The van der Waals surface area contributed by atoms with Crippen molar-refractivity contribution in [1.82, 2.24) is 0 Å². The second kappa shape index (κ2) is 5.85. The summed E-state index contributed by atoms with van der Waals surface area (Å²) in [5.74, 6) is 0.655. The van der Waals surface area contributed by atoms with Gasteiger partial charge in [-0.2, -0.15) is 0 Å². The van der Waals surface area contributed by atoms with Crippen LogP contribution in [0.3, 0.4) is 0 Å². The fraction of sp³-hybridized carbons (Fsp3) is 0.650. The molecule has 3 heteroatoms. The van der Waals surface area contributed by atoms with Crippen LogP contribution in [0.2, 0.25) is 18.1 Å². The third-order valence-electron chi connectivity index (χ3n) is 6.20. The number of carbonyl (C=O) groups excluding carboxylic acids is 1. The fourth-order valence-electron chi connectivity index (χ4n) is 3.39. The van der Waals surface area contributed by atoms with Crippen LogP contribution in [0, 0.1) is 5.92 Å². The summed E-state index contributed by atoms with van der Waals surface area (Å²) >= 11 is 0. The van der Waals surface area contributed by atoms with E-state index in [0.717, 1.165) is 31.2 Å². The van der Waals surface area contributed by atoms with Gasteiger partial charge >= 0.3 is 0 Å². The van der Waals surface area contributed by atoms with Gasteiger partial charge in [0, 0.05) is 11.5 Å². The average Bonchev–Trinajstić information content (AvgIpc) is 2.78. The minimum atomic E-state index is -1.79. The lowest BCUT2D eigenvalue weighted by atomic mass is 9.78. The third kappa shape index (κ3) is 3.06. The molecule has 0 spiro atoms. The molecule has 2 nitrogen and oxygen atoms in total. The van der Waals surface area contributed by atoms with Crippen LogP contribution in [0.4, 0.5) is 0 Å². The second-order valence-corrected chi connectivity index (χ2v) is 13.5. The van der Waals surface area contributed by atoms with E-state index in [4.69, 9.17) is 4.43 Å². The minimum absolute atomic E-state index is 0.181. The van der Waals surface area contributed by atoms with Crippen molar-refractivity contribution in [1.29, 1.82) is 0 Å². The Balaban J connectivity index is 1.85. The zero-order valence-electron chi connectivity index (χ0n) is 15.2. The van der Waals surface area contributed by atoms with Gasteiger partial charge in [0.2, 0.25) is 0 Å². The van der Waals surface area contributed by atoms with Crippen LogP contribution in [0.5, 0.6) is 0 Å². The highest BCUT2D eigenvalue weighted by Gasteiger charge is 2.41. The molecule has 0 aromatic heterocycles. The van der Waals surface area contributed by atoms with Crippen LogP contribution >= 0.6 is 0 Å². The number of hydrogen-bond acceptors (Lipinski definition) is 2. The van der Waals surface area contributed by atoms with Gasteiger partial charge in [-0.1, -0.05) is 45.4 Å². The maximum absolute atomic E-state index is 12.7. The van der Waals surface area contributed by atoms with Crippen LogP contribution in [-0.2, 0) is 10.8 Å². The Morgan fingerprint density at radius 1 is 1.17 bits per heavy atom. The Labute approximate surface area is 141 Å². The molecule has 0 radical (unpaired) electrons. The molecule has 0 aliphatic heterocycles. The van der Waals surface area contributed by atoms with Gasteiger partial charge < -0.3 is 4.43 Å². The number of Topliss-reactive ketones (excluding diaryl/α,β-unsaturated/α-hetero) is 1. The lowest BCUT2D eigenvalue weighted by Gasteiger charge is -2.38. The SMILES string of the molecule is CC(C)(C)[Si](C)(C)OC1CCc2c(C(=O)C3CCC3)cccc21. The van der Waals surface area contributed by atoms with E-state index in [-0.39, 0.29) is 17.1 Å². The molecule has 0 N–H and O–H groups in total. The van der Waals surface area contributed by atoms with Gasteiger partial charge in [0.15, 0.2) is 14.1 Å². The van der Waals surface area contributed by atoms with Gasteiger partial charge in [0.05, 0.1) is 6.10 Å². The highest BCUT2D eigenvalue weighted by molar-refractivity contribution is 6.74. The minimum Gasteiger partial charge on any atom is -0.410 e. The predicted molar refractivity (Wildman–Crippen MR) is 97.5 cm³/mol. The summed E-state index contributed by atoms with van der Waals surface area (Å²) < 4.78 is 6.65. The van der Waals surface area contributed by atoms with Crippen LogP contribution < -0.4 is 0 Å². The smallest absolute Gasteiger partial charge is 0.192 e. The van der Waals surface area contributed by atoms with Gasteiger partial charge in [0.25, 0.3) is 0 Å². The number of carbonyl (C=O) groups is 1. The maximum Gasteiger partial charge on any atom is 0.192 e. The van der Waals surface area contributed by atoms with Crippen LogP contribution in [0.1, 0.15) is 74.0 Å². The van der Waals surface area contributed by atoms with E-state index in [2.05, 4.69) is 46.0 Å². The van der Waals surface area contributed by atoms with Crippen molar-refractivity contribution in [2.45, 2.75) is 77.1 Å². The van der Waals surface area contributed by atoms with Gasteiger partial charge in [-0.05, 0) is 54.9 Å². The van der Waals surface area contributed by atoms with E-state index in [1.54, 1.807) is 0 Å². The number of fused-ring (bicyclic) bond motifs is 1. The molecule has 1 saturated carbocycles. The van der Waals surface area contributed by atoms with Crippen LogP contribution in [0.15, 0.2) is 18.2 Å². The maximum atomic E-state index is 12.7. The Hall–Kier alpha value is -0.933. The first-order valence-corrected chi connectivity index (χ1v) is 12.0. The van der Waals surface area contributed by atoms with E-state index >= 15 is 0 Å². The van der Waals surface area contributed by atoms with E-state index in [9.17, 15) is 4.79 Å². The third-order valence-corrected chi connectivity index (χ3v) is 10.7. The van der Waals surface area contributed by atoms with E-state index < -0.39 is 8.32 Å². The number of ketones is 1. The predicted octanol–water partition coefficient (Wildman–Crippen LogP) is 5.68. The molecule has 0 heterocycles. The summed E-state index contributed by atoms with van der Waals surface area (Å²) in [6, 6.07) is 6.27. The summed E-state index contributed by atoms with van der Waals surface area (Å²) in [5, 5.41) is 0.217. The van der Waals surface area contributed by atoms with Crippen molar-refractivity contribution >= 4 is 14.1 Å². The first kappa shape index (κ1) is 16.9.